The molecule has 25 heavy (non-hydrogen) atoms. The fourth-order valence-corrected chi connectivity index (χ4v) is 2.28. The number of methoxy groups -OCH3 is 1. The van der Waals surface area contributed by atoms with Gasteiger partial charge in [0.05, 0.1) is 19.6 Å². The van der Waals surface area contributed by atoms with Crippen molar-refractivity contribution in [2.24, 2.45) is 5.92 Å². The minimum atomic E-state index is -0.361. The molecule has 0 spiro atoms. The van der Waals surface area contributed by atoms with Crippen LogP contribution < -0.4 is 4.74 Å². The molecule has 0 saturated carbocycles. The number of amides is 1. The van der Waals surface area contributed by atoms with Crippen LogP contribution in [-0.4, -0.2) is 43.1 Å². The summed E-state index contributed by atoms with van der Waals surface area (Å²) in [6.07, 6.45) is 4.27. The first-order valence-corrected chi connectivity index (χ1v) is 8.68. The van der Waals surface area contributed by atoms with Crippen molar-refractivity contribution < 1.29 is 19.1 Å². The van der Waals surface area contributed by atoms with Crippen LogP contribution in [0.5, 0.6) is 5.75 Å². The smallest absolute Gasteiger partial charge is 0.310 e. The maximum absolute atomic E-state index is 12.5. The van der Waals surface area contributed by atoms with Crippen molar-refractivity contribution in [1.82, 2.24) is 4.90 Å². The Kier molecular flexibility index (Phi) is 8.75. The fourth-order valence-electron chi connectivity index (χ4n) is 2.28. The van der Waals surface area contributed by atoms with E-state index in [9.17, 15) is 9.59 Å². The van der Waals surface area contributed by atoms with Gasteiger partial charge >= 0.3 is 5.97 Å². The van der Waals surface area contributed by atoms with Crippen LogP contribution in [0.2, 0.25) is 0 Å². The molecule has 1 rings (SSSR count). The molecule has 1 amide bonds. The summed E-state index contributed by atoms with van der Waals surface area (Å²) in [5, 5.41) is 0. The number of ether oxygens (including phenoxy) is 2. The van der Waals surface area contributed by atoms with E-state index in [2.05, 4.69) is 6.92 Å². The molecule has 1 atom stereocenters. The second-order valence-electron chi connectivity index (χ2n) is 6.26. The van der Waals surface area contributed by atoms with E-state index in [0.717, 1.165) is 17.7 Å². The zero-order chi connectivity index (χ0) is 18.8. The Morgan fingerprint density at radius 1 is 1.16 bits per heavy atom. The number of benzene rings is 1. The normalized spacial score (nSPS) is 12.2. The Balaban J connectivity index is 2.72. The molecule has 0 fully saturated rings. The van der Waals surface area contributed by atoms with E-state index in [0.29, 0.717) is 13.2 Å². The van der Waals surface area contributed by atoms with Gasteiger partial charge in [-0.15, -0.1) is 0 Å². The molecule has 0 bridgehead atoms. The predicted octanol–water partition coefficient (Wildman–Crippen LogP) is 3.53. The van der Waals surface area contributed by atoms with Crippen LogP contribution in [-0.2, 0) is 14.3 Å². The van der Waals surface area contributed by atoms with E-state index in [4.69, 9.17) is 9.47 Å². The number of carbonyl (C=O) groups is 2. The molecule has 0 heterocycles. The molecule has 5 nitrogen and oxygen atoms in total. The largest absolute Gasteiger partial charge is 0.494 e. The number of carbonyl (C=O) groups excluding carboxylic acids is 2. The zero-order valence-corrected chi connectivity index (χ0v) is 15.8. The highest BCUT2D eigenvalue weighted by atomic mass is 16.5. The van der Waals surface area contributed by atoms with E-state index in [1.807, 2.05) is 38.1 Å². The zero-order valence-electron chi connectivity index (χ0n) is 15.8. The predicted molar refractivity (Wildman–Crippen MR) is 99.3 cm³/mol. The highest BCUT2D eigenvalue weighted by Crippen LogP contribution is 2.14. The molecule has 0 aromatic heterocycles. The van der Waals surface area contributed by atoms with Crippen LogP contribution >= 0.6 is 0 Å². The molecule has 1 aromatic carbocycles. The van der Waals surface area contributed by atoms with Crippen molar-refractivity contribution in [3.63, 3.8) is 0 Å². The van der Waals surface area contributed by atoms with Crippen LogP contribution in [0.4, 0.5) is 0 Å². The SMILES string of the molecule is CCCOc1ccc(/C=C/C(=O)N(CC(C)C(=O)OC)C(C)C)cc1. The molecule has 0 N–H and O–H groups in total. The summed E-state index contributed by atoms with van der Waals surface area (Å²) >= 11 is 0. The summed E-state index contributed by atoms with van der Waals surface area (Å²) in [5.41, 5.74) is 0.918. The Morgan fingerprint density at radius 3 is 2.32 bits per heavy atom. The first-order chi connectivity index (χ1) is 11.9. The Bertz CT molecular complexity index is 578. The third-order valence-electron chi connectivity index (χ3n) is 3.75. The average molecular weight is 347 g/mol. The topological polar surface area (TPSA) is 55.8 Å². The minimum absolute atomic E-state index is 0.00549. The second-order valence-corrected chi connectivity index (χ2v) is 6.26. The van der Waals surface area contributed by atoms with E-state index in [1.54, 1.807) is 17.9 Å². The third-order valence-corrected chi connectivity index (χ3v) is 3.75. The van der Waals surface area contributed by atoms with Crippen molar-refractivity contribution >= 4 is 18.0 Å². The van der Waals surface area contributed by atoms with Crippen molar-refractivity contribution in [2.45, 2.75) is 40.2 Å². The van der Waals surface area contributed by atoms with Gasteiger partial charge in [0.15, 0.2) is 0 Å². The van der Waals surface area contributed by atoms with Crippen LogP contribution in [0.15, 0.2) is 30.3 Å². The summed E-state index contributed by atoms with van der Waals surface area (Å²) in [6.45, 7) is 8.69. The van der Waals surface area contributed by atoms with E-state index < -0.39 is 0 Å². The number of hydrogen-bond donors (Lipinski definition) is 0. The number of hydrogen-bond acceptors (Lipinski definition) is 4. The number of nitrogens with zero attached hydrogens (tertiary/aromatic N) is 1. The lowest BCUT2D eigenvalue weighted by molar-refractivity contribution is -0.146. The lowest BCUT2D eigenvalue weighted by Crippen LogP contribution is -2.40. The van der Waals surface area contributed by atoms with Gasteiger partial charge in [0.1, 0.15) is 5.75 Å². The van der Waals surface area contributed by atoms with Crippen molar-refractivity contribution in [3.8, 4) is 5.75 Å². The quantitative estimate of drug-likeness (QED) is 0.506. The summed E-state index contributed by atoms with van der Waals surface area (Å²) < 4.78 is 10.3. The summed E-state index contributed by atoms with van der Waals surface area (Å²) in [6, 6.07) is 7.59. The van der Waals surface area contributed by atoms with Gasteiger partial charge in [0.2, 0.25) is 5.91 Å². The maximum atomic E-state index is 12.5. The highest BCUT2D eigenvalue weighted by Gasteiger charge is 2.22. The molecule has 0 aliphatic carbocycles. The van der Waals surface area contributed by atoms with Gasteiger partial charge in [-0.3, -0.25) is 9.59 Å². The molecule has 1 aromatic rings. The first-order valence-electron chi connectivity index (χ1n) is 8.68. The Labute approximate surface area is 150 Å². The Hall–Kier alpha value is -2.30. The van der Waals surface area contributed by atoms with Crippen molar-refractivity contribution in [2.75, 3.05) is 20.3 Å². The van der Waals surface area contributed by atoms with Gasteiger partial charge in [0.25, 0.3) is 0 Å². The van der Waals surface area contributed by atoms with Gasteiger partial charge in [-0.1, -0.05) is 26.0 Å². The van der Waals surface area contributed by atoms with Gasteiger partial charge in [0, 0.05) is 18.7 Å². The molecule has 0 saturated heterocycles. The van der Waals surface area contributed by atoms with Gasteiger partial charge in [-0.25, -0.2) is 0 Å². The summed E-state index contributed by atoms with van der Waals surface area (Å²) in [4.78, 5) is 25.7. The van der Waals surface area contributed by atoms with Crippen molar-refractivity contribution in [3.05, 3.63) is 35.9 Å². The molecule has 1 unspecified atom stereocenters. The Morgan fingerprint density at radius 2 is 1.80 bits per heavy atom. The maximum Gasteiger partial charge on any atom is 0.310 e. The summed E-state index contributed by atoms with van der Waals surface area (Å²) in [5.74, 6) is 0.0166. The number of rotatable bonds is 9. The summed E-state index contributed by atoms with van der Waals surface area (Å²) in [7, 11) is 1.36. The molecular weight excluding hydrogens is 318 g/mol. The van der Waals surface area contributed by atoms with Crippen LogP contribution in [0.3, 0.4) is 0 Å². The third kappa shape index (κ3) is 6.99. The fraction of sp³-hybridized carbons (Fsp3) is 0.500. The van der Waals surface area contributed by atoms with E-state index >= 15 is 0 Å². The molecule has 5 heteroatoms. The standard InChI is InChI=1S/C20H29NO4/c1-6-13-25-18-10-7-17(8-11-18)9-12-19(22)21(15(2)3)14-16(4)20(23)24-5/h7-12,15-16H,6,13-14H2,1-5H3/b12-9+. The van der Waals surface area contributed by atoms with Gasteiger partial charge < -0.3 is 14.4 Å². The lowest BCUT2D eigenvalue weighted by Gasteiger charge is -2.27. The van der Waals surface area contributed by atoms with Gasteiger partial charge in [-0.05, 0) is 44.0 Å². The highest BCUT2D eigenvalue weighted by molar-refractivity contribution is 5.92. The van der Waals surface area contributed by atoms with Gasteiger partial charge in [-0.2, -0.15) is 0 Å². The van der Waals surface area contributed by atoms with Crippen LogP contribution in [0.1, 0.15) is 39.7 Å². The van der Waals surface area contributed by atoms with Crippen molar-refractivity contribution in [1.29, 1.82) is 0 Å². The van der Waals surface area contributed by atoms with E-state index in [1.165, 1.54) is 13.2 Å². The molecule has 0 radical (unpaired) electrons. The molecule has 138 valence electrons. The van der Waals surface area contributed by atoms with Crippen LogP contribution in [0, 0.1) is 5.92 Å². The minimum Gasteiger partial charge on any atom is -0.494 e. The second kappa shape index (κ2) is 10.5. The van der Waals surface area contributed by atoms with Crippen LogP contribution in [0.25, 0.3) is 6.08 Å². The molecule has 0 aliphatic heterocycles. The monoisotopic (exact) mass is 347 g/mol. The average Bonchev–Trinajstić information content (AvgIpc) is 2.61. The number of esters is 1. The molecule has 0 aliphatic rings. The first kappa shape index (κ1) is 20.7. The molecular formula is C20H29NO4. The lowest BCUT2D eigenvalue weighted by atomic mass is 10.1. The van der Waals surface area contributed by atoms with E-state index in [-0.39, 0.29) is 23.8 Å².